The molecule has 220 valence electrons. The summed E-state index contributed by atoms with van der Waals surface area (Å²) >= 11 is 0. The van der Waals surface area contributed by atoms with Gasteiger partial charge in [-0.25, -0.2) is 9.97 Å². The summed E-state index contributed by atoms with van der Waals surface area (Å²) in [6, 6.07) is 19.2. The number of nitrogens with one attached hydrogen (secondary N) is 2. The van der Waals surface area contributed by atoms with Crippen molar-refractivity contribution < 1.29 is 9.53 Å². The van der Waals surface area contributed by atoms with Gasteiger partial charge in [0.2, 0.25) is 5.91 Å². The molecule has 10 heteroatoms. The summed E-state index contributed by atoms with van der Waals surface area (Å²) < 4.78 is 6.95. The average Bonchev–Trinajstić information content (AvgIpc) is 3.47. The lowest BCUT2D eigenvalue weighted by Crippen LogP contribution is -2.37. The number of rotatable bonds is 9. The minimum Gasteiger partial charge on any atom is -0.497 e. The SMILES string of the molecule is COc1ccc([C@@H](CNc2ncc3n(c2=O)[C@H](C(=O)NCc2ccc(N)nc2C)CC3)N2C=Cc3ccccc3C2)cc1. The van der Waals surface area contributed by atoms with Crippen LogP contribution in [0.1, 0.15) is 52.1 Å². The molecule has 43 heavy (non-hydrogen) atoms. The van der Waals surface area contributed by atoms with Crippen LogP contribution in [0, 0.1) is 6.92 Å². The molecule has 4 N–H and O–H groups in total. The van der Waals surface area contributed by atoms with E-state index in [1.165, 1.54) is 11.1 Å². The fourth-order valence-electron chi connectivity index (χ4n) is 5.83. The molecule has 2 aromatic heterocycles. The Kier molecular flexibility index (Phi) is 7.83. The zero-order chi connectivity index (χ0) is 29.9. The summed E-state index contributed by atoms with van der Waals surface area (Å²) in [5.74, 6) is 1.23. The molecule has 4 aromatic rings. The monoisotopic (exact) mass is 577 g/mol. The topological polar surface area (TPSA) is 127 Å². The van der Waals surface area contributed by atoms with Gasteiger partial charge in [-0.15, -0.1) is 0 Å². The van der Waals surface area contributed by atoms with Gasteiger partial charge in [0.05, 0.1) is 13.2 Å². The maximum atomic E-state index is 13.7. The first kappa shape index (κ1) is 28.0. The highest BCUT2D eigenvalue weighted by Crippen LogP contribution is 2.30. The molecule has 0 radical (unpaired) electrons. The number of amides is 1. The quantitative estimate of drug-likeness (QED) is 0.273. The van der Waals surface area contributed by atoms with Crippen molar-refractivity contribution >= 4 is 23.6 Å². The molecule has 2 aliphatic rings. The normalized spacial score (nSPS) is 15.9. The van der Waals surface area contributed by atoms with Crippen LogP contribution in [0.5, 0.6) is 5.75 Å². The van der Waals surface area contributed by atoms with E-state index in [0.717, 1.165) is 34.8 Å². The van der Waals surface area contributed by atoms with Gasteiger partial charge in [0.1, 0.15) is 17.6 Å². The van der Waals surface area contributed by atoms with E-state index in [9.17, 15) is 9.59 Å². The van der Waals surface area contributed by atoms with Gasteiger partial charge in [-0.05, 0) is 66.3 Å². The molecule has 2 atom stereocenters. The summed E-state index contributed by atoms with van der Waals surface area (Å²) in [5, 5.41) is 6.29. The number of hydrogen-bond acceptors (Lipinski definition) is 8. The van der Waals surface area contributed by atoms with Crippen LogP contribution in [-0.4, -0.2) is 39.0 Å². The van der Waals surface area contributed by atoms with E-state index in [2.05, 4.69) is 49.9 Å². The Bertz CT molecular complexity index is 1730. The maximum absolute atomic E-state index is 13.7. The van der Waals surface area contributed by atoms with Gasteiger partial charge in [0.25, 0.3) is 5.56 Å². The summed E-state index contributed by atoms with van der Waals surface area (Å²) in [5.41, 5.74) is 11.4. The molecule has 2 aromatic carbocycles. The highest BCUT2D eigenvalue weighted by molar-refractivity contribution is 5.81. The van der Waals surface area contributed by atoms with Crippen LogP contribution < -0.4 is 26.7 Å². The maximum Gasteiger partial charge on any atom is 0.294 e. The van der Waals surface area contributed by atoms with Gasteiger partial charge in [0.15, 0.2) is 5.82 Å². The van der Waals surface area contributed by atoms with Crippen molar-refractivity contribution in [2.24, 2.45) is 0 Å². The van der Waals surface area contributed by atoms with Crippen LogP contribution in [0.3, 0.4) is 0 Å². The molecule has 0 saturated heterocycles. The predicted octanol–water partition coefficient (Wildman–Crippen LogP) is 3.98. The number of nitrogen functional groups attached to an aromatic ring is 1. The number of nitrogens with zero attached hydrogens (tertiary/aromatic N) is 4. The van der Waals surface area contributed by atoms with Gasteiger partial charge in [-0.3, -0.25) is 14.2 Å². The zero-order valence-corrected chi connectivity index (χ0v) is 24.3. The minimum atomic E-state index is -0.605. The van der Waals surface area contributed by atoms with E-state index >= 15 is 0 Å². The number of pyridine rings is 1. The summed E-state index contributed by atoms with van der Waals surface area (Å²) in [7, 11) is 1.65. The highest BCUT2D eigenvalue weighted by Gasteiger charge is 2.31. The number of aryl methyl sites for hydroxylation is 2. The molecule has 0 aliphatic carbocycles. The zero-order valence-electron chi connectivity index (χ0n) is 24.3. The van der Waals surface area contributed by atoms with Crippen LogP contribution >= 0.6 is 0 Å². The molecule has 2 aliphatic heterocycles. The van der Waals surface area contributed by atoms with Crippen molar-refractivity contribution in [2.75, 3.05) is 24.7 Å². The van der Waals surface area contributed by atoms with Crippen molar-refractivity contribution in [1.29, 1.82) is 0 Å². The van der Waals surface area contributed by atoms with Crippen LogP contribution in [0.15, 0.2) is 77.9 Å². The fourth-order valence-corrected chi connectivity index (χ4v) is 5.83. The van der Waals surface area contributed by atoms with Crippen molar-refractivity contribution in [2.45, 2.75) is 44.9 Å². The standard InChI is InChI=1S/C33H35N7O3/c1-21-24(9-14-30(34)38-21)17-37-32(41)28-13-10-26-18-35-31(33(42)40(26)28)36-19-29(23-7-11-27(43-2)12-8-23)39-16-15-22-5-3-4-6-25(22)20-39/h3-9,11-12,14-16,18,28-29H,10,13,17,19-20H2,1-2H3,(H2,34,38)(H,35,36)(H,37,41)/t28-,29+/m0/s1. The fraction of sp³-hybridized carbons (Fsp3) is 0.273. The molecule has 0 bridgehead atoms. The van der Waals surface area contributed by atoms with Crippen molar-refractivity contribution in [3.63, 3.8) is 0 Å². The number of fused-ring (bicyclic) bond motifs is 2. The number of aromatic nitrogens is 3. The summed E-state index contributed by atoms with van der Waals surface area (Å²) in [6.45, 7) is 3.33. The number of anilines is 2. The Hall–Kier alpha value is -5.12. The second-order valence-corrected chi connectivity index (χ2v) is 10.9. The largest absolute Gasteiger partial charge is 0.497 e. The molecule has 4 heterocycles. The smallest absolute Gasteiger partial charge is 0.294 e. The molecule has 6 rings (SSSR count). The van der Waals surface area contributed by atoms with E-state index < -0.39 is 6.04 Å². The molecular weight excluding hydrogens is 542 g/mol. The highest BCUT2D eigenvalue weighted by atomic mass is 16.5. The van der Waals surface area contributed by atoms with E-state index in [0.29, 0.717) is 31.7 Å². The molecule has 10 nitrogen and oxygen atoms in total. The minimum absolute atomic E-state index is 0.0918. The lowest BCUT2D eigenvalue weighted by Gasteiger charge is -2.34. The van der Waals surface area contributed by atoms with Crippen LogP contribution in [0.25, 0.3) is 6.08 Å². The Morgan fingerprint density at radius 3 is 2.74 bits per heavy atom. The van der Waals surface area contributed by atoms with Gasteiger partial charge < -0.3 is 26.0 Å². The lowest BCUT2D eigenvalue weighted by atomic mass is 9.99. The number of ether oxygens (including phenoxy) is 1. The van der Waals surface area contributed by atoms with Gasteiger partial charge in [0, 0.05) is 43.4 Å². The first-order valence-electron chi connectivity index (χ1n) is 14.4. The Labute approximate surface area is 250 Å². The molecule has 0 spiro atoms. The number of carbonyl (C=O) groups excluding carboxylic acids is 1. The van der Waals surface area contributed by atoms with Crippen LogP contribution in [-0.2, 0) is 24.3 Å². The first-order valence-corrected chi connectivity index (χ1v) is 14.4. The number of methoxy groups -OCH3 is 1. The summed E-state index contributed by atoms with van der Waals surface area (Å²) in [6.07, 6.45) is 7.06. The van der Waals surface area contributed by atoms with E-state index in [-0.39, 0.29) is 23.3 Å². The Morgan fingerprint density at radius 1 is 1.14 bits per heavy atom. The van der Waals surface area contributed by atoms with Crippen molar-refractivity contribution in [3.05, 3.63) is 117 Å². The Balaban J connectivity index is 1.21. The number of benzene rings is 2. The second-order valence-electron chi connectivity index (χ2n) is 10.9. The number of hydrogen-bond donors (Lipinski definition) is 3. The third-order valence-electron chi connectivity index (χ3n) is 8.25. The summed E-state index contributed by atoms with van der Waals surface area (Å²) in [4.78, 5) is 38.0. The predicted molar refractivity (Wildman–Crippen MR) is 166 cm³/mol. The average molecular weight is 578 g/mol. The van der Waals surface area contributed by atoms with Crippen LogP contribution in [0.4, 0.5) is 11.6 Å². The first-order chi connectivity index (χ1) is 20.9. The second kappa shape index (κ2) is 12.0. The van der Waals surface area contributed by atoms with Crippen LogP contribution in [0.2, 0.25) is 0 Å². The van der Waals surface area contributed by atoms with Crippen molar-refractivity contribution in [3.8, 4) is 5.75 Å². The Morgan fingerprint density at radius 2 is 1.95 bits per heavy atom. The van der Waals surface area contributed by atoms with Gasteiger partial charge in [-0.2, -0.15) is 0 Å². The molecule has 1 amide bonds. The van der Waals surface area contributed by atoms with Gasteiger partial charge >= 0.3 is 0 Å². The van der Waals surface area contributed by atoms with E-state index in [1.54, 1.807) is 23.9 Å². The third-order valence-corrected chi connectivity index (χ3v) is 8.25. The van der Waals surface area contributed by atoms with E-state index in [1.807, 2.05) is 49.4 Å². The number of nitrogens with two attached hydrogens (primary N) is 1. The molecule has 0 saturated carbocycles. The van der Waals surface area contributed by atoms with E-state index in [4.69, 9.17) is 10.5 Å². The lowest BCUT2D eigenvalue weighted by molar-refractivity contribution is -0.124. The number of carbonyl (C=O) groups is 1. The third kappa shape index (κ3) is 5.81. The molecular formula is C33H35N7O3. The van der Waals surface area contributed by atoms with Crippen molar-refractivity contribution in [1.82, 2.24) is 24.8 Å². The molecule has 0 unspecified atom stereocenters. The van der Waals surface area contributed by atoms with Gasteiger partial charge in [-0.1, -0.05) is 42.5 Å². The molecule has 0 fully saturated rings.